The van der Waals surface area contributed by atoms with Crippen molar-refractivity contribution in [3.63, 3.8) is 0 Å². The Labute approximate surface area is 163 Å². The molecular formula is C21H24FN5O. The van der Waals surface area contributed by atoms with E-state index in [9.17, 15) is 9.18 Å². The van der Waals surface area contributed by atoms with Crippen LogP contribution >= 0.6 is 0 Å². The summed E-state index contributed by atoms with van der Waals surface area (Å²) in [5, 5.41) is 10.1. The number of para-hydroxylation sites is 1. The minimum absolute atomic E-state index is 0.0638. The first-order chi connectivity index (χ1) is 13.7. The van der Waals surface area contributed by atoms with Crippen LogP contribution in [-0.2, 0) is 4.79 Å². The molecule has 146 valence electrons. The number of benzene rings is 1. The summed E-state index contributed by atoms with van der Waals surface area (Å²) in [6, 6.07) is 9.49. The molecule has 28 heavy (non-hydrogen) atoms. The maximum Gasteiger partial charge on any atom is 0.225 e. The number of halogens is 1. The van der Waals surface area contributed by atoms with E-state index >= 15 is 0 Å². The number of fused-ring (bicyclic) bond motifs is 1. The van der Waals surface area contributed by atoms with E-state index in [0.29, 0.717) is 12.0 Å². The summed E-state index contributed by atoms with van der Waals surface area (Å²) in [6.07, 6.45) is 6.48. The van der Waals surface area contributed by atoms with Crippen LogP contribution < -0.4 is 5.32 Å². The number of hydrogen-bond donors (Lipinski definition) is 2. The molecule has 0 spiro atoms. The Bertz CT molecular complexity index is 964. The normalized spacial score (nSPS) is 15.0. The van der Waals surface area contributed by atoms with Crippen LogP contribution in [0.25, 0.3) is 22.2 Å². The molecule has 0 unspecified atom stereocenters. The van der Waals surface area contributed by atoms with E-state index in [1.807, 2.05) is 30.3 Å². The molecule has 1 aliphatic heterocycles. The van der Waals surface area contributed by atoms with Crippen molar-refractivity contribution in [2.24, 2.45) is 0 Å². The van der Waals surface area contributed by atoms with E-state index in [1.54, 1.807) is 6.20 Å². The lowest BCUT2D eigenvalue weighted by Crippen LogP contribution is -2.31. The molecule has 2 N–H and O–H groups in total. The van der Waals surface area contributed by atoms with Gasteiger partial charge in [-0.25, -0.2) is 4.39 Å². The first-order valence-corrected chi connectivity index (χ1v) is 9.82. The number of anilines is 1. The van der Waals surface area contributed by atoms with Crippen molar-refractivity contribution in [2.45, 2.75) is 32.1 Å². The molecule has 1 aromatic carbocycles. The smallest absolute Gasteiger partial charge is 0.225 e. The number of nitrogens with zero attached hydrogens (tertiary/aromatic N) is 3. The molecule has 0 bridgehead atoms. The number of H-pyrrole nitrogens is 1. The van der Waals surface area contributed by atoms with Crippen LogP contribution in [0.5, 0.6) is 0 Å². The van der Waals surface area contributed by atoms with Crippen LogP contribution in [0.3, 0.4) is 0 Å². The highest BCUT2D eigenvalue weighted by atomic mass is 19.1. The monoisotopic (exact) mass is 381 g/mol. The minimum Gasteiger partial charge on any atom is -0.307 e. The Hall–Kier alpha value is -2.80. The van der Waals surface area contributed by atoms with Crippen molar-refractivity contribution < 1.29 is 9.18 Å². The van der Waals surface area contributed by atoms with Gasteiger partial charge in [0.25, 0.3) is 0 Å². The number of likely N-dealkylation sites (tertiary alicyclic amines) is 1. The molecule has 3 aromatic rings. The third-order valence-electron chi connectivity index (χ3n) is 5.17. The van der Waals surface area contributed by atoms with E-state index in [1.165, 1.54) is 19.3 Å². The maximum atomic E-state index is 14.7. The van der Waals surface area contributed by atoms with Crippen molar-refractivity contribution in [3.8, 4) is 11.3 Å². The van der Waals surface area contributed by atoms with Crippen molar-refractivity contribution in [1.82, 2.24) is 20.1 Å². The van der Waals surface area contributed by atoms with Crippen LogP contribution in [0, 0.1) is 5.82 Å². The topological polar surface area (TPSA) is 73.9 Å². The second kappa shape index (κ2) is 8.48. The van der Waals surface area contributed by atoms with Crippen LogP contribution in [0.2, 0.25) is 0 Å². The molecular weight excluding hydrogens is 357 g/mol. The second-order valence-electron chi connectivity index (χ2n) is 7.23. The fourth-order valence-corrected chi connectivity index (χ4v) is 3.65. The highest BCUT2D eigenvalue weighted by molar-refractivity contribution is 5.91. The van der Waals surface area contributed by atoms with Crippen molar-refractivity contribution in [1.29, 1.82) is 0 Å². The predicted octanol–water partition coefficient (Wildman–Crippen LogP) is 3.97. The fraction of sp³-hybridized carbons (Fsp3) is 0.381. The second-order valence-corrected chi connectivity index (χ2v) is 7.23. The summed E-state index contributed by atoms with van der Waals surface area (Å²) in [6.45, 7) is 3.13. The predicted molar refractivity (Wildman–Crippen MR) is 107 cm³/mol. The zero-order valence-corrected chi connectivity index (χ0v) is 15.7. The SMILES string of the molecule is O=C(CCCN1CCCCC1)Nc1n[nH]c(-c2cnc3ccccc3c2)c1F. The number of rotatable bonds is 6. The highest BCUT2D eigenvalue weighted by Gasteiger charge is 2.18. The Balaban J connectivity index is 1.37. The number of aromatic nitrogens is 3. The average molecular weight is 381 g/mol. The van der Waals surface area contributed by atoms with Crippen LogP contribution in [-0.4, -0.2) is 45.6 Å². The minimum atomic E-state index is -0.568. The summed E-state index contributed by atoms with van der Waals surface area (Å²) in [4.78, 5) is 18.9. The van der Waals surface area contributed by atoms with Gasteiger partial charge in [0.15, 0.2) is 11.6 Å². The fourth-order valence-electron chi connectivity index (χ4n) is 3.65. The molecule has 0 aliphatic carbocycles. The number of carbonyl (C=O) groups is 1. The Morgan fingerprint density at radius 1 is 1.21 bits per heavy atom. The number of aromatic amines is 1. The van der Waals surface area contributed by atoms with Gasteiger partial charge in [-0.1, -0.05) is 24.6 Å². The molecule has 3 heterocycles. The maximum absolute atomic E-state index is 14.7. The van der Waals surface area contributed by atoms with Gasteiger partial charge in [-0.15, -0.1) is 0 Å². The van der Waals surface area contributed by atoms with Gasteiger partial charge in [-0.05, 0) is 51.0 Å². The molecule has 1 amide bonds. The lowest BCUT2D eigenvalue weighted by atomic mass is 10.1. The van der Waals surface area contributed by atoms with Gasteiger partial charge in [0, 0.05) is 23.6 Å². The molecule has 4 rings (SSSR count). The Morgan fingerprint density at radius 2 is 2.04 bits per heavy atom. The number of piperidine rings is 1. The van der Waals surface area contributed by atoms with Gasteiger partial charge >= 0.3 is 0 Å². The summed E-state index contributed by atoms with van der Waals surface area (Å²) < 4.78 is 14.7. The number of amides is 1. The van der Waals surface area contributed by atoms with Gasteiger partial charge in [0.05, 0.1) is 5.52 Å². The summed E-state index contributed by atoms with van der Waals surface area (Å²) in [5.74, 6) is -0.849. The zero-order valence-electron chi connectivity index (χ0n) is 15.7. The summed E-state index contributed by atoms with van der Waals surface area (Å²) >= 11 is 0. The molecule has 7 heteroatoms. The summed E-state index contributed by atoms with van der Waals surface area (Å²) in [5.41, 5.74) is 1.66. The number of hydrogen-bond acceptors (Lipinski definition) is 4. The van der Waals surface area contributed by atoms with Crippen molar-refractivity contribution in [2.75, 3.05) is 25.0 Å². The Kier molecular flexibility index (Phi) is 5.62. The zero-order chi connectivity index (χ0) is 19.3. The van der Waals surface area contributed by atoms with E-state index in [2.05, 4.69) is 25.4 Å². The highest BCUT2D eigenvalue weighted by Crippen LogP contribution is 2.27. The lowest BCUT2D eigenvalue weighted by Gasteiger charge is -2.26. The van der Waals surface area contributed by atoms with Crippen LogP contribution in [0.1, 0.15) is 32.1 Å². The first-order valence-electron chi connectivity index (χ1n) is 9.82. The summed E-state index contributed by atoms with van der Waals surface area (Å²) in [7, 11) is 0. The number of pyridine rings is 1. The lowest BCUT2D eigenvalue weighted by molar-refractivity contribution is -0.116. The van der Waals surface area contributed by atoms with Gasteiger partial charge in [-0.2, -0.15) is 5.10 Å². The third kappa shape index (κ3) is 4.20. The van der Waals surface area contributed by atoms with Gasteiger partial charge in [0.2, 0.25) is 5.91 Å². The van der Waals surface area contributed by atoms with Crippen molar-refractivity contribution in [3.05, 3.63) is 42.3 Å². The van der Waals surface area contributed by atoms with Crippen LogP contribution in [0.4, 0.5) is 10.2 Å². The average Bonchev–Trinajstić information content (AvgIpc) is 3.08. The van der Waals surface area contributed by atoms with E-state index in [-0.39, 0.29) is 17.4 Å². The molecule has 1 aliphatic rings. The largest absolute Gasteiger partial charge is 0.307 e. The molecule has 6 nitrogen and oxygen atoms in total. The van der Waals surface area contributed by atoms with Crippen molar-refractivity contribution >= 4 is 22.6 Å². The first kappa shape index (κ1) is 18.6. The molecule has 0 atom stereocenters. The van der Waals surface area contributed by atoms with E-state index in [0.717, 1.165) is 37.0 Å². The van der Waals surface area contributed by atoms with E-state index in [4.69, 9.17) is 0 Å². The van der Waals surface area contributed by atoms with Gasteiger partial charge in [0.1, 0.15) is 5.69 Å². The van der Waals surface area contributed by atoms with E-state index < -0.39 is 5.82 Å². The van der Waals surface area contributed by atoms with Crippen LogP contribution in [0.15, 0.2) is 36.5 Å². The third-order valence-corrected chi connectivity index (χ3v) is 5.17. The molecule has 1 fully saturated rings. The molecule has 0 radical (unpaired) electrons. The molecule has 1 saturated heterocycles. The molecule has 2 aromatic heterocycles. The number of nitrogens with one attached hydrogen (secondary N) is 2. The standard InChI is InChI=1S/C21H24FN5O/c22-19-20(16-13-15-7-2-3-8-17(15)23-14-16)25-26-21(19)24-18(28)9-6-12-27-10-4-1-5-11-27/h2-3,7-8,13-14H,1,4-6,9-12H2,(H2,24,25,26,28). The quantitative estimate of drug-likeness (QED) is 0.678. The van der Waals surface area contributed by atoms with Gasteiger partial charge < -0.3 is 10.2 Å². The Morgan fingerprint density at radius 3 is 2.89 bits per heavy atom. The van der Waals surface area contributed by atoms with Gasteiger partial charge in [-0.3, -0.25) is 14.9 Å². The number of carbonyl (C=O) groups excluding carboxylic acids is 1. The molecule has 0 saturated carbocycles.